The van der Waals surface area contributed by atoms with E-state index in [-0.39, 0.29) is 30.1 Å². The van der Waals surface area contributed by atoms with E-state index in [1.807, 2.05) is 13.0 Å². The smallest absolute Gasteiger partial charge is 0.417 e. The number of aromatic nitrogens is 4. The van der Waals surface area contributed by atoms with Crippen LogP contribution in [0.2, 0.25) is 0 Å². The van der Waals surface area contributed by atoms with E-state index >= 15 is 0 Å². The molecule has 1 amide bonds. The first-order valence-electron chi connectivity index (χ1n) is 11.0. The largest absolute Gasteiger partial charge is 0.475 e. The third kappa shape index (κ3) is 4.57. The summed E-state index contributed by atoms with van der Waals surface area (Å²) >= 11 is 0. The molecular formula is C24H22F3N5O2. The predicted molar refractivity (Wildman–Crippen MR) is 116 cm³/mol. The number of halogens is 3. The standard InChI is InChI=1S/C24H22F3N5O2/c1-14-3-5-19(22-28-7-2-8-29-22)21(31-14)23(33)32-12-16-9-15(16)10-18(32)13-34-20-6-4-17(11-30-20)24(25,26)27/h2-8,11,15-16,18H,9-10,12-13H2,1H3/t15-,16+,18?/m1/s1. The number of rotatable bonds is 5. The zero-order chi connectivity index (χ0) is 23.9. The molecule has 176 valence electrons. The number of hydrogen-bond acceptors (Lipinski definition) is 6. The maximum absolute atomic E-state index is 13.7. The first kappa shape index (κ1) is 22.2. The number of ether oxygens (including phenoxy) is 1. The normalized spacial score (nSPS) is 21.6. The van der Waals surface area contributed by atoms with Crippen molar-refractivity contribution in [2.24, 2.45) is 11.8 Å². The number of piperidine rings is 1. The number of likely N-dealkylation sites (tertiary alicyclic amines) is 1. The van der Waals surface area contributed by atoms with Crippen LogP contribution in [0.15, 0.2) is 48.9 Å². The lowest BCUT2D eigenvalue weighted by Crippen LogP contribution is -2.48. The maximum atomic E-state index is 13.7. The van der Waals surface area contributed by atoms with Gasteiger partial charge in [-0.1, -0.05) is 0 Å². The highest BCUT2D eigenvalue weighted by Crippen LogP contribution is 2.47. The van der Waals surface area contributed by atoms with E-state index in [1.165, 1.54) is 6.07 Å². The molecule has 1 unspecified atom stereocenters. The lowest BCUT2D eigenvalue weighted by Gasteiger charge is -2.35. The Kier molecular flexibility index (Phi) is 5.66. The summed E-state index contributed by atoms with van der Waals surface area (Å²) in [6.45, 7) is 2.54. The van der Waals surface area contributed by atoms with Crippen molar-refractivity contribution in [3.63, 3.8) is 0 Å². The first-order chi connectivity index (χ1) is 16.3. The molecule has 10 heteroatoms. The average Bonchev–Trinajstić information content (AvgIpc) is 3.60. The molecule has 4 heterocycles. The van der Waals surface area contributed by atoms with E-state index < -0.39 is 11.7 Å². The van der Waals surface area contributed by atoms with Gasteiger partial charge in [0.15, 0.2) is 5.82 Å². The third-order valence-corrected chi connectivity index (χ3v) is 6.31. The molecule has 0 N–H and O–H groups in total. The Morgan fingerprint density at radius 2 is 1.88 bits per heavy atom. The molecule has 0 bridgehead atoms. The highest BCUT2D eigenvalue weighted by atomic mass is 19.4. The number of pyridine rings is 2. The van der Waals surface area contributed by atoms with E-state index in [1.54, 1.807) is 29.4 Å². The Morgan fingerprint density at radius 3 is 2.59 bits per heavy atom. The van der Waals surface area contributed by atoms with E-state index in [2.05, 4.69) is 19.9 Å². The van der Waals surface area contributed by atoms with Crippen LogP contribution >= 0.6 is 0 Å². The van der Waals surface area contributed by atoms with Gasteiger partial charge in [-0.25, -0.2) is 19.9 Å². The van der Waals surface area contributed by atoms with Gasteiger partial charge in [0.1, 0.15) is 12.3 Å². The number of amides is 1. The topological polar surface area (TPSA) is 81.1 Å². The minimum Gasteiger partial charge on any atom is -0.475 e. The summed E-state index contributed by atoms with van der Waals surface area (Å²) < 4.78 is 44.1. The van der Waals surface area contributed by atoms with Crippen LogP contribution in [0.3, 0.4) is 0 Å². The Hall–Kier alpha value is -3.56. The summed E-state index contributed by atoms with van der Waals surface area (Å²) in [5.41, 5.74) is 0.698. The molecule has 5 rings (SSSR count). The number of nitrogens with zero attached hydrogens (tertiary/aromatic N) is 5. The van der Waals surface area contributed by atoms with Crippen LogP contribution in [-0.4, -0.2) is 49.9 Å². The second-order valence-corrected chi connectivity index (χ2v) is 8.72. The van der Waals surface area contributed by atoms with E-state index in [4.69, 9.17) is 4.74 Å². The quantitative estimate of drug-likeness (QED) is 0.558. The van der Waals surface area contributed by atoms with Gasteiger partial charge in [0.25, 0.3) is 5.91 Å². The van der Waals surface area contributed by atoms with Crippen LogP contribution in [0, 0.1) is 18.8 Å². The zero-order valence-electron chi connectivity index (χ0n) is 18.4. The van der Waals surface area contributed by atoms with E-state index in [9.17, 15) is 18.0 Å². The van der Waals surface area contributed by atoms with Gasteiger partial charge in [-0.05, 0) is 55.9 Å². The monoisotopic (exact) mass is 469 g/mol. The van der Waals surface area contributed by atoms with Crippen LogP contribution in [0.25, 0.3) is 11.4 Å². The molecule has 2 fully saturated rings. The highest BCUT2D eigenvalue weighted by Gasteiger charge is 2.48. The van der Waals surface area contributed by atoms with Gasteiger partial charge in [0.2, 0.25) is 5.88 Å². The second-order valence-electron chi connectivity index (χ2n) is 8.72. The van der Waals surface area contributed by atoms with Crippen molar-refractivity contribution < 1.29 is 22.7 Å². The molecule has 7 nitrogen and oxygen atoms in total. The Bertz CT molecular complexity index is 1190. The van der Waals surface area contributed by atoms with Crippen molar-refractivity contribution in [2.45, 2.75) is 32.0 Å². The van der Waals surface area contributed by atoms with Crippen molar-refractivity contribution in [3.8, 4) is 17.3 Å². The number of fused-ring (bicyclic) bond motifs is 1. The fourth-order valence-corrected chi connectivity index (χ4v) is 4.40. The van der Waals surface area contributed by atoms with Crippen LogP contribution in [-0.2, 0) is 6.18 Å². The van der Waals surface area contributed by atoms with Crippen molar-refractivity contribution >= 4 is 5.91 Å². The van der Waals surface area contributed by atoms with E-state index in [0.29, 0.717) is 35.5 Å². The number of carbonyl (C=O) groups excluding carboxylic acids is 1. The number of alkyl halides is 3. The summed E-state index contributed by atoms with van der Waals surface area (Å²) in [7, 11) is 0. The molecule has 1 aliphatic heterocycles. The fraction of sp³-hybridized carbons (Fsp3) is 0.375. The molecule has 1 saturated carbocycles. The minimum atomic E-state index is -4.46. The van der Waals surface area contributed by atoms with Gasteiger partial charge >= 0.3 is 6.18 Å². The average molecular weight is 469 g/mol. The molecule has 0 spiro atoms. The van der Waals surface area contributed by atoms with Gasteiger partial charge in [0, 0.05) is 36.9 Å². The highest BCUT2D eigenvalue weighted by molar-refractivity contribution is 5.98. The van der Waals surface area contributed by atoms with Crippen molar-refractivity contribution in [2.75, 3.05) is 13.2 Å². The lowest BCUT2D eigenvalue weighted by molar-refractivity contribution is -0.137. The summed E-state index contributed by atoms with van der Waals surface area (Å²) in [6, 6.07) is 7.20. The van der Waals surface area contributed by atoms with Gasteiger partial charge in [-0.2, -0.15) is 13.2 Å². The van der Waals surface area contributed by atoms with Gasteiger partial charge in [-0.15, -0.1) is 0 Å². The zero-order valence-corrected chi connectivity index (χ0v) is 18.4. The van der Waals surface area contributed by atoms with Crippen LogP contribution in [0.4, 0.5) is 13.2 Å². The predicted octanol–water partition coefficient (Wildman–Crippen LogP) is 4.19. The maximum Gasteiger partial charge on any atom is 0.417 e. The molecule has 3 aromatic heterocycles. The van der Waals surface area contributed by atoms with E-state index in [0.717, 1.165) is 25.1 Å². The van der Waals surface area contributed by atoms with Crippen LogP contribution < -0.4 is 4.74 Å². The number of carbonyl (C=O) groups is 1. The molecule has 0 aromatic carbocycles. The number of aryl methyl sites for hydroxylation is 1. The molecule has 1 saturated heterocycles. The van der Waals surface area contributed by atoms with Gasteiger partial charge in [0.05, 0.1) is 17.2 Å². The molecule has 3 atom stereocenters. The Labute approximate surface area is 194 Å². The van der Waals surface area contributed by atoms with Gasteiger partial charge in [-0.3, -0.25) is 4.79 Å². The molecule has 34 heavy (non-hydrogen) atoms. The second kappa shape index (κ2) is 8.66. The molecule has 3 aromatic rings. The summed E-state index contributed by atoms with van der Waals surface area (Å²) in [4.78, 5) is 32.3. The Morgan fingerprint density at radius 1 is 1.09 bits per heavy atom. The molecule has 1 aliphatic carbocycles. The van der Waals surface area contributed by atoms with Gasteiger partial charge < -0.3 is 9.64 Å². The molecular weight excluding hydrogens is 447 g/mol. The number of hydrogen-bond donors (Lipinski definition) is 0. The summed E-state index contributed by atoms with van der Waals surface area (Å²) in [6.07, 6.45) is 1.33. The van der Waals surface area contributed by atoms with Crippen LogP contribution in [0.5, 0.6) is 5.88 Å². The first-order valence-corrected chi connectivity index (χ1v) is 11.0. The van der Waals surface area contributed by atoms with Crippen molar-refractivity contribution in [3.05, 3.63) is 65.9 Å². The summed E-state index contributed by atoms with van der Waals surface area (Å²) in [5, 5.41) is 0. The van der Waals surface area contributed by atoms with Crippen LogP contribution in [0.1, 0.15) is 34.6 Å². The fourth-order valence-electron chi connectivity index (χ4n) is 4.40. The SMILES string of the molecule is Cc1ccc(-c2ncccn2)c(C(=O)N2C[C@@H]3C[C@@H]3CC2COc2ccc(C(F)(F)F)cn2)n1. The van der Waals surface area contributed by atoms with Crippen molar-refractivity contribution in [1.29, 1.82) is 0 Å². The third-order valence-electron chi connectivity index (χ3n) is 6.31. The minimum absolute atomic E-state index is 0.0883. The summed E-state index contributed by atoms with van der Waals surface area (Å²) in [5.74, 6) is 1.25. The molecule has 2 aliphatic rings. The van der Waals surface area contributed by atoms with Crippen molar-refractivity contribution in [1.82, 2.24) is 24.8 Å². The Balaban J connectivity index is 1.37. The molecule has 0 radical (unpaired) electrons. The lowest BCUT2D eigenvalue weighted by atomic mass is 10.0.